The summed E-state index contributed by atoms with van der Waals surface area (Å²) in [6.45, 7) is 0.359. The molecule has 0 bridgehead atoms. The van der Waals surface area contributed by atoms with Crippen LogP contribution in [0.25, 0.3) is 0 Å². The Balaban J connectivity index is 3.76. The Kier molecular flexibility index (Phi) is 8.10. The van der Waals surface area contributed by atoms with Crippen LogP contribution in [0.1, 0.15) is 12.8 Å². The van der Waals surface area contributed by atoms with Gasteiger partial charge in [0.05, 0.1) is 25.4 Å². The summed E-state index contributed by atoms with van der Waals surface area (Å²) in [6.07, 6.45) is 0.902. The van der Waals surface area contributed by atoms with Gasteiger partial charge in [-0.05, 0) is 12.8 Å². The van der Waals surface area contributed by atoms with E-state index >= 15 is 0 Å². The lowest BCUT2D eigenvalue weighted by atomic mass is 9.99. The fraction of sp³-hybridized carbons (Fsp3) is 1.00. The highest BCUT2D eigenvalue weighted by molar-refractivity contribution is 6.18. The molecule has 0 saturated heterocycles. The van der Waals surface area contributed by atoms with Crippen molar-refractivity contribution < 1.29 is 14.9 Å². The summed E-state index contributed by atoms with van der Waals surface area (Å²) in [5.41, 5.74) is -0.946. The predicted octanol–water partition coefficient (Wildman–Crippen LogP) is 0.984. The molecule has 13 heavy (non-hydrogen) atoms. The van der Waals surface area contributed by atoms with Crippen LogP contribution in [0.3, 0.4) is 0 Å². The van der Waals surface area contributed by atoms with Gasteiger partial charge in [0.15, 0.2) is 0 Å². The number of aliphatic hydroxyl groups is 2. The van der Waals surface area contributed by atoms with Crippen LogP contribution >= 0.6 is 23.2 Å². The van der Waals surface area contributed by atoms with Gasteiger partial charge >= 0.3 is 0 Å². The fourth-order valence-corrected chi connectivity index (χ4v) is 1.65. The van der Waals surface area contributed by atoms with Gasteiger partial charge in [-0.2, -0.15) is 0 Å². The second-order valence-corrected chi connectivity index (χ2v) is 3.63. The van der Waals surface area contributed by atoms with Crippen LogP contribution in [0.4, 0.5) is 0 Å². The van der Waals surface area contributed by atoms with E-state index in [0.29, 0.717) is 24.6 Å². The van der Waals surface area contributed by atoms with Crippen molar-refractivity contribution in [2.75, 3.05) is 31.6 Å². The Hall–Kier alpha value is 0.460. The monoisotopic (exact) mass is 230 g/mol. The zero-order valence-electron chi connectivity index (χ0n) is 7.51. The van der Waals surface area contributed by atoms with E-state index in [1.165, 1.54) is 0 Å². The van der Waals surface area contributed by atoms with E-state index in [4.69, 9.17) is 33.0 Å². The van der Waals surface area contributed by atoms with Crippen molar-refractivity contribution in [1.82, 2.24) is 0 Å². The minimum atomic E-state index is -0.946. The minimum Gasteiger partial charge on any atom is -0.394 e. The highest BCUT2D eigenvalue weighted by atomic mass is 35.5. The number of hydrogen-bond acceptors (Lipinski definition) is 3. The number of alkyl halides is 2. The lowest BCUT2D eigenvalue weighted by Gasteiger charge is -2.26. The third-order valence-electron chi connectivity index (χ3n) is 1.73. The molecular formula is C8H16Cl2O3. The molecule has 3 nitrogen and oxygen atoms in total. The first-order valence-corrected chi connectivity index (χ1v) is 5.28. The molecule has 0 rings (SSSR count). The Labute approximate surface area is 88.6 Å². The van der Waals surface area contributed by atoms with E-state index in [1.807, 2.05) is 0 Å². The second-order valence-electron chi connectivity index (χ2n) is 2.88. The number of halogens is 2. The maximum absolute atomic E-state index is 9.86. The Bertz CT molecular complexity index is 116. The molecule has 80 valence electrons. The molecule has 0 aromatic carbocycles. The van der Waals surface area contributed by atoms with Gasteiger partial charge in [-0.15, -0.1) is 23.2 Å². The normalized spacial score (nSPS) is 12.0. The molecule has 0 amide bonds. The first-order valence-electron chi connectivity index (χ1n) is 4.21. The fourth-order valence-electron chi connectivity index (χ4n) is 0.948. The smallest absolute Gasteiger partial charge is 0.0902 e. The topological polar surface area (TPSA) is 49.7 Å². The molecule has 0 atom stereocenters. The van der Waals surface area contributed by atoms with E-state index in [2.05, 4.69) is 0 Å². The molecule has 2 N–H and O–H groups in total. The van der Waals surface area contributed by atoms with Crippen molar-refractivity contribution in [2.45, 2.75) is 18.4 Å². The molecule has 0 aliphatic heterocycles. The predicted molar refractivity (Wildman–Crippen MR) is 53.5 cm³/mol. The zero-order chi connectivity index (χ0) is 10.2. The van der Waals surface area contributed by atoms with Crippen LogP contribution in [0.15, 0.2) is 0 Å². The van der Waals surface area contributed by atoms with Gasteiger partial charge in [0.25, 0.3) is 0 Å². The number of aliphatic hydroxyl groups excluding tert-OH is 1. The third-order valence-corrected chi connectivity index (χ3v) is 2.10. The van der Waals surface area contributed by atoms with Gasteiger partial charge in [0.2, 0.25) is 0 Å². The highest BCUT2D eigenvalue weighted by Crippen LogP contribution is 2.17. The van der Waals surface area contributed by atoms with E-state index in [9.17, 15) is 5.11 Å². The van der Waals surface area contributed by atoms with Crippen LogP contribution in [0, 0.1) is 0 Å². The standard InChI is InChI=1S/C8H16Cl2O3/c9-3-1-8(12,2-4-10)7-13-6-5-11/h11-12H,1-7H2. The van der Waals surface area contributed by atoms with Gasteiger partial charge in [-0.25, -0.2) is 0 Å². The first kappa shape index (κ1) is 13.5. The molecule has 0 heterocycles. The maximum Gasteiger partial charge on any atom is 0.0902 e. The molecule has 0 fully saturated rings. The summed E-state index contributed by atoms with van der Waals surface area (Å²) in [6, 6.07) is 0. The van der Waals surface area contributed by atoms with Crippen LogP contribution < -0.4 is 0 Å². The van der Waals surface area contributed by atoms with Crippen LogP contribution in [-0.4, -0.2) is 47.4 Å². The molecule has 0 aliphatic carbocycles. The molecule has 0 aliphatic rings. The van der Waals surface area contributed by atoms with Gasteiger partial charge < -0.3 is 14.9 Å². The molecule has 0 spiro atoms. The van der Waals surface area contributed by atoms with Crippen molar-refractivity contribution in [2.24, 2.45) is 0 Å². The Morgan fingerprint density at radius 3 is 2.08 bits per heavy atom. The SMILES string of the molecule is OCCOCC(O)(CCCl)CCCl. The summed E-state index contributed by atoms with van der Waals surface area (Å²) in [5.74, 6) is 0.742. The van der Waals surface area contributed by atoms with Crippen molar-refractivity contribution in [3.8, 4) is 0 Å². The van der Waals surface area contributed by atoms with E-state index in [-0.39, 0.29) is 19.8 Å². The van der Waals surface area contributed by atoms with E-state index < -0.39 is 5.60 Å². The summed E-state index contributed by atoms with van der Waals surface area (Å²) >= 11 is 11.1. The van der Waals surface area contributed by atoms with Gasteiger partial charge in [-0.3, -0.25) is 0 Å². The lowest BCUT2D eigenvalue weighted by molar-refractivity contribution is -0.0558. The maximum atomic E-state index is 9.86. The average molecular weight is 231 g/mol. The van der Waals surface area contributed by atoms with Gasteiger partial charge in [0.1, 0.15) is 0 Å². The molecule has 0 aromatic rings. The molecule has 0 aromatic heterocycles. The highest BCUT2D eigenvalue weighted by Gasteiger charge is 2.25. The lowest BCUT2D eigenvalue weighted by Crippen LogP contribution is -2.36. The Morgan fingerprint density at radius 1 is 1.15 bits per heavy atom. The largest absolute Gasteiger partial charge is 0.394 e. The number of ether oxygens (including phenoxy) is 1. The quantitative estimate of drug-likeness (QED) is 0.483. The van der Waals surface area contributed by atoms with Crippen molar-refractivity contribution >= 4 is 23.2 Å². The minimum absolute atomic E-state index is 0.0438. The summed E-state index contributed by atoms with van der Waals surface area (Å²) in [5, 5.41) is 18.3. The molecule has 0 radical (unpaired) electrons. The summed E-state index contributed by atoms with van der Waals surface area (Å²) in [7, 11) is 0. The molecule has 0 unspecified atom stereocenters. The van der Waals surface area contributed by atoms with Crippen LogP contribution in [0.2, 0.25) is 0 Å². The average Bonchev–Trinajstić information content (AvgIpc) is 2.05. The third kappa shape index (κ3) is 6.52. The van der Waals surface area contributed by atoms with Crippen LogP contribution in [0.5, 0.6) is 0 Å². The van der Waals surface area contributed by atoms with Crippen molar-refractivity contribution in [3.05, 3.63) is 0 Å². The molecule has 0 saturated carbocycles. The van der Waals surface area contributed by atoms with E-state index in [1.54, 1.807) is 0 Å². The molecule has 5 heteroatoms. The number of hydrogen-bond donors (Lipinski definition) is 2. The van der Waals surface area contributed by atoms with Gasteiger partial charge in [0, 0.05) is 11.8 Å². The first-order chi connectivity index (χ1) is 6.18. The Morgan fingerprint density at radius 2 is 1.69 bits per heavy atom. The van der Waals surface area contributed by atoms with Crippen molar-refractivity contribution in [3.63, 3.8) is 0 Å². The molecular weight excluding hydrogens is 215 g/mol. The number of rotatable bonds is 8. The van der Waals surface area contributed by atoms with Crippen LogP contribution in [-0.2, 0) is 4.74 Å². The summed E-state index contributed by atoms with van der Waals surface area (Å²) < 4.78 is 5.04. The summed E-state index contributed by atoms with van der Waals surface area (Å²) in [4.78, 5) is 0. The van der Waals surface area contributed by atoms with Crippen molar-refractivity contribution in [1.29, 1.82) is 0 Å². The van der Waals surface area contributed by atoms with E-state index in [0.717, 1.165) is 0 Å². The second kappa shape index (κ2) is 7.83. The van der Waals surface area contributed by atoms with Gasteiger partial charge in [-0.1, -0.05) is 0 Å². The zero-order valence-corrected chi connectivity index (χ0v) is 9.02.